The Morgan fingerprint density at radius 1 is 0.321 bits per heavy atom. The maximum Gasteiger partial charge on any atom is 0.124 e. The van der Waals surface area contributed by atoms with E-state index in [4.69, 9.17) is 4.98 Å². The van der Waals surface area contributed by atoms with Crippen LogP contribution in [0.1, 0.15) is 0 Å². The van der Waals surface area contributed by atoms with Gasteiger partial charge in [0.05, 0.1) is 10.2 Å². The Kier molecular flexibility index (Phi) is 7.87. The number of benzene rings is 9. The summed E-state index contributed by atoms with van der Waals surface area (Å²) in [6, 6.07) is 71.9. The van der Waals surface area contributed by atoms with Gasteiger partial charge in [-0.25, -0.2) is 4.98 Å². The maximum absolute atomic E-state index is 5.45. The largest absolute Gasteiger partial charge is 0.310 e. The predicted molar refractivity (Wildman–Crippen MR) is 242 cm³/mol. The Morgan fingerprint density at radius 2 is 0.839 bits per heavy atom. The molecule has 0 radical (unpaired) electrons. The van der Waals surface area contributed by atoms with E-state index >= 15 is 0 Å². The Hall–Kier alpha value is -6.79. The summed E-state index contributed by atoms with van der Waals surface area (Å²) in [4.78, 5) is 10.1. The van der Waals surface area contributed by atoms with E-state index < -0.39 is 0 Å². The van der Waals surface area contributed by atoms with Crippen molar-refractivity contribution in [3.05, 3.63) is 200 Å². The van der Waals surface area contributed by atoms with E-state index in [9.17, 15) is 0 Å². The molecule has 0 N–H and O–H groups in total. The van der Waals surface area contributed by atoms with Crippen molar-refractivity contribution in [2.45, 2.75) is 0 Å². The van der Waals surface area contributed by atoms with Crippen molar-refractivity contribution in [2.75, 3.05) is 9.80 Å². The van der Waals surface area contributed by atoms with Gasteiger partial charge in [0, 0.05) is 70.6 Å². The molecular formula is C51H33N3S2. The highest BCUT2D eigenvalue weighted by molar-refractivity contribution is 7.25. The zero-order chi connectivity index (χ0) is 37.0. The zero-order valence-corrected chi connectivity index (χ0v) is 31.8. The van der Waals surface area contributed by atoms with Gasteiger partial charge in [-0.2, -0.15) is 0 Å². The van der Waals surface area contributed by atoms with Crippen LogP contribution in [0.15, 0.2) is 200 Å². The number of aromatic nitrogens is 1. The highest BCUT2D eigenvalue weighted by Crippen LogP contribution is 2.45. The predicted octanol–water partition coefficient (Wildman–Crippen LogP) is 15.6. The first-order chi connectivity index (χ1) is 27.8. The number of hydrogen-bond acceptors (Lipinski definition) is 5. The summed E-state index contributed by atoms with van der Waals surface area (Å²) < 4.78 is 3.81. The fraction of sp³-hybridized carbons (Fsp3) is 0. The van der Waals surface area contributed by atoms with Crippen molar-refractivity contribution in [3.8, 4) is 10.6 Å². The summed E-state index contributed by atoms with van der Waals surface area (Å²) in [5.41, 5.74) is 8.81. The Bertz CT molecular complexity index is 3170. The molecule has 0 aliphatic carbocycles. The number of thiophene rings is 1. The molecule has 0 spiro atoms. The minimum Gasteiger partial charge on any atom is -0.310 e. The van der Waals surface area contributed by atoms with E-state index in [2.05, 4.69) is 210 Å². The van der Waals surface area contributed by atoms with E-state index in [1.54, 1.807) is 11.3 Å². The molecule has 264 valence electrons. The molecule has 56 heavy (non-hydrogen) atoms. The normalized spacial score (nSPS) is 11.6. The topological polar surface area (TPSA) is 19.4 Å². The number of rotatable bonds is 7. The summed E-state index contributed by atoms with van der Waals surface area (Å²) in [7, 11) is 0. The van der Waals surface area contributed by atoms with Gasteiger partial charge in [0.2, 0.25) is 0 Å². The molecule has 0 aliphatic rings. The monoisotopic (exact) mass is 751 g/mol. The number of thiazole rings is 1. The van der Waals surface area contributed by atoms with Crippen LogP contribution in [0.25, 0.3) is 62.5 Å². The Balaban J connectivity index is 1.06. The van der Waals surface area contributed by atoms with Crippen LogP contribution in [0, 0.1) is 0 Å². The highest BCUT2D eigenvalue weighted by Gasteiger charge is 2.20. The standard InChI is InChI=1S/C51H33N3S2/c1-4-16-35(17-5-1)53(36-18-6-2-7-19-36)39-27-29-43-45(32-39)41-23-10-11-25-44(41)50-49(43)52-51(56-50)34-15-14-22-38(31-34)54(37-20-8-3-9-21-37)40-28-30-48-46(33-40)42-24-12-13-26-47(42)55-48/h1-33H. The fourth-order valence-electron chi connectivity index (χ4n) is 8.08. The minimum atomic E-state index is 1.01. The zero-order valence-electron chi connectivity index (χ0n) is 30.2. The molecule has 11 rings (SSSR count). The maximum atomic E-state index is 5.45. The van der Waals surface area contributed by atoms with E-state index in [0.29, 0.717) is 0 Å². The Morgan fingerprint density at radius 3 is 1.54 bits per heavy atom. The average molecular weight is 752 g/mol. The lowest BCUT2D eigenvalue weighted by Gasteiger charge is -2.26. The molecular weight excluding hydrogens is 719 g/mol. The molecule has 2 heterocycles. The first-order valence-electron chi connectivity index (χ1n) is 18.8. The first-order valence-corrected chi connectivity index (χ1v) is 20.4. The van der Waals surface area contributed by atoms with Crippen LogP contribution in [0.5, 0.6) is 0 Å². The van der Waals surface area contributed by atoms with Gasteiger partial charge >= 0.3 is 0 Å². The second-order valence-corrected chi connectivity index (χ2v) is 16.1. The molecule has 0 bridgehead atoms. The average Bonchev–Trinajstić information content (AvgIpc) is 3.88. The summed E-state index contributed by atoms with van der Waals surface area (Å²) in [6.45, 7) is 0. The number of nitrogens with zero attached hydrogens (tertiary/aromatic N) is 3. The van der Waals surface area contributed by atoms with Crippen molar-refractivity contribution in [2.24, 2.45) is 0 Å². The molecule has 9 aromatic carbocycles. The molecule has 0 atom stereocenters. The van der Waals surface area contributed by atoms with Crippen molar-refractivity contribution in [3.63, 3.8) is 0 Å². The van der Waals surface area contributed by atoms with Crippen molar-refractivity contribution >= 4 is 109 Å². The van der Waals surface area contributed by atoms with Gasteiger partial charge in [0.1, 0.15) is 5.01 Å². The van der Waals surface area contributed by atoms with Crippen LogP contribution in [-0.2, 0) is 0 Å². The molecule has 0 unspecified atom stereocenters. The van der Waals surface area contributed by atoms with E-state index in [1.165, 1.54) is 41.0 Å². The molecule has 5 heteroatoms. The number of para-hydroxylation sites is 3. The smallest absolute Gasteiger partial charge is 0.124 e. The lowest BCUT2D eigenvalue weighted by molar-refractivity contribution is 1.29. The summed E-state index contributed by atoms with van der Waals surface area (Å²) in [6.07, 6.45) is 0. The van der Waals surface area contributed by atoms with Crippen molar-refractivity contribution < 1.29 is 0 Å². The van der Waals surface area contributed by atoms with Crippen molar-refractivity contribution in [1.82, 2.24) is 4.98 Å². The van der Waals surface area contributed by atoms with Gasteiger partial charge in [0.25, 0.3) is 0 Å². The number of hydrogen-bond donors (Lipinski definition) is 0. The van der Waals surface area contributed by atoms with Crippen LogP contribution in [0.4, 0.5) is 34.1 Å². The summed E-state index contributed by atoms with van der Waals surface area (Å²) in [5, 5.41) is 8.39. The number of anilines is 6. The molecule has 2 aromatic heterocycles. The second-order valence-electron chi connectivity index (χ2n) is 14.0. The summed E-state index contributed by atoms with van der Waals surface area (Å²) >= 11 is 3.63. The van der Waals surface area contributed by atoms with Gasteiger partial charge in [-0.3, -0.25) is 0 Å². The van der Waals surface area contributed by atoms with E-state index in [0.717, 1.165) is 55.6 Å². The van der Waals surface area contributed by atoms with Gasteiger partial charge < -0.3 is 9.80 Å². The molecule has 0 amide bonds. The highest BCUT2D eigenvalue weighted by atomic mass is 32.1. The fourth-order valence-corrected chi connectivity index (χ4v) is 10.3. The van der Waals surface area contributed by atoms with Crippen LogP contribution < -0.4 is 9.80 Å². The Labute approximate surface area is 332 Å². The third-order valence-electron chi connectivity index (χ3n) is 10.6. The first kappa shape index (κ1) is 32.6. The molecule has 0 saturated carbocycles. The van der Waals surface area contributed by atoms with E-state index in [1.807, 2.05) is 11.3 Å². The van der Waals surface area contributed by atoms with Crippen LogP contribution in [0.3, 0.4) is 0 Å². The minimum absolute atomic E-state index is 1.01. The quantitative estimate of drug-likeness (QED) is 0.151. The number of fused-ring (bicyclic) bond motifs is 9. The van der Waals surface area contributed by atoms with Crippen LogP contribution >= 0.6 is 22.7 Å². The molecule has 0 fully saturated rings. The molecule has 0 aliphatic heterocycles. The van der Waals surface area contributed by atoms with Crippen molar-refractivity contribution in [1.29, 1.82) is 0 Å². The molecule has 11 aromatic rings. The van der Waals surface area contributed by atoms with Crippen LogP contribution in [-0.4, -0.2) is 4.98 Å². The second kappa shape index (κ2) is 13.5. The van der Waals surface area contributed by atoms with Gasteiger partial charge in [0.15, 0.2) is 0 Å². The van der Waals surface area contributed by atoms with Crippen LogP contribution in [0.2, 0.25) is 0 Å². The van der Waals surface area contributed by atoms with Gasteiger partial charge in [-0.05, 0) is 95.7 Å². The summed E-state index contributed by atoms with van der Waals surface area (Å²) in [5.74, 6) is 0. The SMILES string of the molecule is c1ccc(N(c2cccc(-c3nc4c5ccc(N(c6ccccc6)c6ccccc6)cc5c5ccccc5c4s3)c2)c2ccc3sc4ccccc4c3c2)cc1. The molecule has 3 nitrogen and oxygen atoms in total. The molecule has 0 saturated heterocycles. The van der Waals surface area contributed by atoms with Gasteiger partial charge in [-0.15, -0.1) is 22.7 Å². The lowest BCUT2D eigenvalue weighted by Crippen LogP contribution is -2.09. The van der Waals surface area contributed by atoms with Gasteiger partial charge in [-0.1, -0.05) is 115 Å². The van der Waals surface area contributed by atoms with E-state index in [-0.39, 0.29) is 0 Å². The third kappa shape index (κ3) is 5.51. The third-order valence-corrected chi connectivity index (χ3v) is 12.9. The lowest BCUT2D eigenvalue weighted by atomic mass is 9.99.